The van der Waals surface area contributed by atoms with Crippen molar-refractivity contribution in [3.63, 3.8) is 0 Å². The summed E-state index contributed by atoms with van der Waals surface area (Å²) in [6, 6.07) is 39.5. The molecule has 7 aromatic rings. The SMILES string of the molecule is Brc1ccc2sc3ccc(-c4cccc5c4c4ccccc4n5-c4ccccc4)cc3c2c1. The number of halogens is 1. The largest absolute Gasteiger partial charge is 0.309 e. The molecule has 156 valence electrons. The molecule has 0 aliphatic heterocycles. The highest BCUT2D eigenvalue weighted by Crippen LogP contribution is 2.41. The monoisotopic (exact) mass is 503 g/mol. The van der Waals surface area contributed by atoms with Crippen molar-refractivity contribution in [2.45, 2.75) is 0 Å². The van der Waals surface area contributed by atoms with Gasteiger partial charge in [0.2, 0.25) is 0 Å². The van der Waals surface area contributed by atoms with E-state index in [1.807, 2.05) is 11.3 Å². The Morgan fingerprint density at radius 3 is 2.18 bits per heavy atom. The van der Waals surface area contributed by atoms with E-state index in [1.165, 1.54) is 58.8 Å². The van der Waals surface area contributed by atoms with Crippen molar-refractivity contribution in [1.82, 2.24) is 4.57 Å². The van der Waals surface area contributed by atoms with Crippen LogP contribution in [0.2, 0.25) is 0 Å². The summed E-state index contributed by atoms with van der Waals surface area (Å²) >= 11 is 5.51. The molecule has 0 bridgehead atoms. The topological polar surface area (TPSA) is 4.93 Å². The first kappa shape index (κ1) is 19.1. The highest BCUT2D eigenvalue weighted by Gasteiger charge is 2.16. The van der Waals surface area contributed by atoms with Crippen LogP contribution in [0.5, 0.6) is 0 Å². The van der Waals surface area contributed by atoms with E-state index in [-0.39, 0.29) is 0 Å². The van der Waals surface area contributed by atoms with Gasteiger partial charge in [0.15, 0.2) is 0 Å². The van der Waals surface area contributed by atoms with Gasteiger partial charge in [-0.1, -0.05) is 70.5 Å². The lowest BCUT2D eigenvalue weighted by molar-refractivity contribution is 1.18. The number of benzene rings is 5. The minimum atomic E-state index is 1.12. The summed E-state index contributed by atoms with van der Waals surface area (Å²) in [5.41, 5.74) is 6.18. The number of para-hydroxylation sites is 2. The van der Waals surface area contributed by atoms with E-state index < -0.39 is 0 Å². The van der Waals surface area contributed by atoms with Crippen LogP contribution in [0.4, 0.5) is 0 Å². The molecule has 1 nitrogen and oxygen atoms in total. The lowest BCUT2D eigenvalue weighted by Gasteiger charge is -2.09. The predicted octanol–water partition coefficient (Wildman–Crippen LogP) is 9.58. The highest BCUT2D eigenvalue weighted by molar-refractivity contribution is 9.10. The standard InChI is InChI=1S/C30H18BrNS/c31-20-14-16-29-25(18-20)24-17-19(13-15-28(24)33-29)22-10-6-12-27-30(22)23-9-4-5-11-26(23)32(27)21-7-2-1-3-8-21/h1-18H. The summed E-state index contributed by atoms with van der Waals surface area (Å²) in [5.74, 6) is 0. The van der Waals surface area contributed by atoms with Crippen LogP contribution in [0.15, 0.2) is 114 Å². The molecule has 2 heterocycles. The van der Waals surface area contributed by atoms with Gasteiger partial charge in [-0.25, -0.2) is 0 Å². The molecular weight excluding hydrogens is 486 g/mol. The van der Waals surface area contributed by atoms with Crippen molar-refractivity contribution in [3.8, 4) is 16.8 Å². The average Bonchev–Trinajstić information content (AvgIpc) is 3.39. The van der Waals surface area contributed by atoms with E-state index in [1.54, 1.807) is 0 Å². The van der Waals surface area contributed by atoms with Crippen LogP contribution in [0.1, 0.15) is 0 Å². The minimum absolute atomic E-state index is 1.12. The maximum atomic E-state index is 3.65. The summed E-state index contributed by atoms with van der Waals surface area (Å²) in [4.78, 5) is 0. The third-order valence-electron chi connectivity index (χ3n) is 6.45. The first-order valence-corrected chi connectivity index (χ1v) is 12.6. The maximum absolute atomic E-state index is 3.65. The first-order valence-electron chi connectivity index (χ1n) is 11.0. The predicted molar refractivity (Wildman–Crippen MR) is 147 cm³/mol. The Kier molecular flexibility index (Phi) is 4.23. The Morgan fingerprint density at radius 1 is 0.576 bits per heavy atom. The molecule has 0 atom stereocenters. The van der Waals surface area contributed by atoms with Crippen molar-refractivity contribution in [2.75, 3.05) is 0 Å². The van der Waals surface area contributed by atoms with Crippen LogP contribution in [-0.4, -0.2) is 4.57 Å². The zero-order chi connectivity index (χ0) is 21.9. The fourth-order valence-corrected chi connectivity index (χ4v) is 6.46. The fourth-order valence-electron chi connectivity index (χ4n) is 5.03. The summed E-state index contributed by atoms with van der Waals surface area (Å²) in [6.45, 7) is 0. The summed E-state index contributed by atoms with van der Waals surface area (Å²) in [5, 5.41) is 5.21. The molecule has 0 aliphatic carbocycles. The van der Waals surface area contributed by atoms with Gasteiger partial charge in [-0.2, -0.15) is 0 Å². The van der Waals surface area contributed by atoms with Gasteiger partial charge in [0, 0.05) is 41.1 Å². The zero-order valence-electron chi connectivity index (χ0n) is 17.6. The van der Waals surface area contributed by atoms with Gasteiger partial charge in [-0.3, -0.25) is 0 Å². The molecule has 0 saturated carbocycles. The van der Waals surface area contributed by atoms with E-state index in [4.69, 9.17) is 0 Å². The molecule has 0 unspecified atom stereocenters. The van der Waals surface area contributed by atoms with Gasteiger partial charge < -0.3 is 4.57 Å². The molecule has 3 heteroatoms. The summed E-state index contributed by atoms with van der Waals surface area (Å²) < 4.78 is 6.15. The van der Waals surface area contributed by atoms with E-state index in [0.717, 1.165) is 4.47 Å². The number of aromatic nitrogens is 1. The Balaban J connectivity index is 1.57. The van der Waals surface area contributed by atoms with Crippen LogP contribution in [0, 0.1) is 0 Å². The molecule has 5 aromatic carbocycles. The Labute approximate surface area is 203 Å². The fraction of sp³-hybridized carbons (Fsp3) is 0. The van der Waals surface area contributed by atoms with E-state index >= 15 is 0 Å². The number of thiophene rings is 1. The van der Waals surface area contributed by atoms with Crippen LogP contribution in [0.25, 0.3) is 58.8 Å². The lowest BCUT2D eigenvalue weighted by atomic mass is 9.98. The molecule has 7 rings (SSSR count). The van der Waals surface area contributed by atoms with Crippen LogP contribution in [0.3, 0.4) is 0 Å². The summed E-state index contributed by atoms with van der Waals surface area (Å²) in [6.07, 6.45) is 0. The highest BCUT2D eigenvalue weighted by atomic mass is 79.9. The molecule has 0 N–H and O–H groups in total. The maximum Gasteiger partial charge on any atom is 0.0547 e. The van der Waals surface area contributed by atoms with Gasteiger partial charge >= 0.3 is 0 Å². The number of hydrogen-bond acceptors (Lipinski definition) is 1. The molecule has 0 amide bonds. The number of nitrogens with zero attached hydrogens (tertiary/aromatic N) is 1. The van der Waals surface area contributed by atoms with Crippen LogP contribution < -0.4 is 0 Å². The van der Waals surface area contributed by atoms with Crippen molar-refractivity contribution in [2.24, 2.45) is 0 Å². The van der Waals surface area contributed by atoms with Gasteiger partial charge in [0.05, 0.1) is 11.0 Å². The molecule has 33 heavy (non-hydrogen) atoms. The van der Waals surface area contributed by atoms with Gasteiger partial charge in [-0.15, -0.1) is 11.3 Å². The van der Waals surface area contributed by atoms with Gasteiger partial charge in [0.25, 0.3) is 0 Å². The minimum Gasteiger partial charge on any atom is -0.309 e. The Bertz CT molecular complexity index is 1830. The number of rotatable bonds is 2. The second-order valence-corrected chi connectivity index (χ2v) is 10.3. The molecule has 0 spiro atoms. The van der Waals surface area contributed by atoms with Gasteiger partial charge in [0.1, 0.15) is 0 Å². The average molecular weight is 504 g/mol. The molecule has 0 radical (unpaired) electrons. The van der Waals surface area contributed by atoms with Crippen molar-refractivity contribution >= 4 is 69.2 Å². The third kappa shape index (κ3) is 2.90. The molecular formula is C30H18BrNS. The molecule has 0 aliphatic rings. The van der Waals surface area contributed by atoms with Crippen LogP contribution in [-0.2, 0) is 0 Å². The Hall–Kier alpha value is -3.40. The first-order chi connectivity index (χ1) is 16.3. The Morgan fingerprint density at radius 2 is 1.30 bits per heavy atom. The smallest absolute Gasteiger partial charge is 0.0547 e. The number of fused-ring (bicyclic) bond motifs is 6. The van der Waals surface area contributed by atoms with E-state index in [2.05, 4.69) is 130 Å². The van der Waals surface area contributed by atoms with Crippen molar-refractivity contribution < 1.29 is 0 Å². The summed E-state index contributed by atoms with van der Waals surface area (Å²) in [7, 11) is 0. The second kappa shape index (κ2) is 7.31. The quantitative estimate of drug-likeness (QED) is 0.221. The number of hydrogen-bond donors (Lipinski definition) is 0. The second-order valence-electron chi connectivity index (χ2n) is 8.34. The third-order valence-corrected chi connectivity index (χ3v) is 8.10. The normalized spacial score (nSPS) is 11.8. The molecule has 0 fully saturated rings. The lowest BCUT2D eigenvalue weighted by Crippen LogP contribution is -1.92. The molecule has 0 saturated heterocycles. The zero-order valence-corrected chi connectivity index (χ0v) is 20.0. The van der Waals surface area contributed by atoms with Crippen LogP contribution >= 0.6 is 27.3 Å². The van der Waals surface area contributed by atoms with Gasteiger partial charge in [-0.05, 0) is 65.7 Å². The van der Waals surface area contributed by atoms with E-state index in [0.29, 0.717) is 0 Å². The van der Waals surface area contributed by atoms with Crippen molar-refractivity contribution in [3.05, 3.63) is 114 Å². The van der Waals surface area contributed by atoms with E-state index in [9.17, 15) is 0 Å². The van der Waals surface area contributed by atoms with Crippen molar-refractivity contribution in [1.29, 1.82) is 0 Å². The molecule has 2 aromatic heterocycles.